The van der Waals surface area contributed by atoms with Crippen molar-refractivity contribution in [3.8, 4) is 22.8 Å². The van der Waals surface area contributed by atoms with E-state index in [9.17, 15) is 10.2 Å². The van der Waals surface area contributed by atoms with Crippen LogP contribution in [-0.4, -0.2) is 40.1 Å². The van der Waals surface area contributed by atoms with E-state index in [0.29, 0.717) is 31.3 Å². The molecule has 0 aliphatic rings. The van der Waals surface area contributed by atoms with Crippen LogP contribution in [0.25, 0.3) is 16.9 Å². The van der Waals surface area contributed by atoms with Gasteiger partial charge in [0.1, 0.15) is 18.1 Å². The number of aliphatic hydroxyl groups is 2. The highest BCUT2D eigenvalue weighted by Gasteiger charge is 2.16. The zero-order chi connectivity index (χ0) is 29.3. The van der Waals surface area contributed by atoms with Gasteiger partial charge in [-0.2, -0.15) is 0 Å². The van der Waals surface area contributed by atoms with Crippen LogP contribution < -0.4 is 9.47 Å². The van der Waals surface area contributed by atoms with Gasteiger partial charge in [-0.15, -0.1) is 0 Å². The summed E-state index contributed by atoms with van der Waals surface area (Å²) in [5, 5.41) is 19.4. The number of hydrogen-bond acceptors (Lipinski definition) is 6. The van der Waals surface area contributed by atoms with Crippen molar-refractivity contribution in [2.45, 2.75) is 86.0 Å². The van der Waals surface area contributed by atoms with Crippen LogP contribution in [0.4, 0.5) is 0 Å². The predicted octanol–water partition coefficient (Wildman–Crippen LogP) is 7.33. The Kier molecular flexibility index (Phi) is 11.2. The van der Waals surface area contributed by atoms with Gasteiger partial charge in [0.25, 0.3) is 0 Å². The molecule has 3 aromatic rings. The normalized spacial score (nSPS) is 12.8. The average molecular weight is 548 g/mol. The van der Waals surface area contributed by atoms with E-state index >= 15 is 0 Å². The summed E-state index contributed by atoms with van der Waals surface area (Å²) in [5.74, 6) is 2.06. The van der Waals surface area contributed by atoms with Crippen LogP contribution in [0.2, 0.25) is 0 Å². The Hall–Kier alpha value is -3.35. The Labute approximate surface area is 239 Å². The molecule has 1 atom stereocenters. The Morgan fingerprint density at radius 2 is 1.75 bits per heavy atom. The van der Waals surface area contributed by atoms with Gasteiger partial charge in [-0.3, -0.25) is 0 Å². The zero-order valence-electron chi connectivity index (χ0n) is 25.1. The van der Waals surface area contributed by atoms with Crippen molar-refractivity contribution in [3.05, 3.63) is 82.6 Å². The van der Waals surface area contributed by atoms with Crippen LogP contribution in [0.3, 0.4) is 0 Å². The summed E-state index contributed by atoms with van der Waals surface area (Å²) in [7, 11) is 0. The molecule has 0 fully saturated rings. The molecular weight excluding hydrogens is 502 g/mol. The quantitative estimate of drug-likeness (QED) is 0.206. The first-order valence-corrected chi connectivity index (χ1v) is 14.2. The molecule has 0 saturated carbocycles. The van der Waals surface area contributed by atoms with Crippen molar-refractivity contribution < 1.29 is 24.4 Å². The monoisotopic (exact) mass is 547 g/mol. The lowest BCUT2D eigenvalue weighted by molar-refractivity contribution is 0.0545. The topological polar surface area (TPSA) is 81.0 Å². The summed E-state index contributed by atoms with van der Waals surface area (Å²) >= 11 is 0. The number of pyridine rings is 1. The van der Waals surface area contributed by atoms with Gasteiger partial charge < -0.3 is 24.4 Å². The number of nitrogens with zero attached hydrogens (tertiary/aromatic N) is 1. The van der Waals surface area contributed by atoms with E-state index in [0.717, 1.165) is 57.7 Å². The molecule has 0 unspecified atom stereocenters. The fraction of sp³-hybridized carbons (Fsp3) is 0.441. The second-order valence-electron chi connectivity index (χ2n) is 11.0. The Bertz CT molecular complexity index is 1270. The number of aromatic nitrogens is 1. The van der Waals surface area contributed by atoms with Crippen LogP contribution in [0.1, 0.15) is 74.9 Å². The fourth-order valence-electron chi connectivity index (χ4n) is 4.51. The van der Waals surface area contributed by atoms with Crippen LogP contribution in [0, 0.1) is 20.8 Å². The summed E-state index contributed by atoms with van der Waals surface area (Å²) in [6.45, 7) is 14.6. The Balaban J connectivity index is 1.72. The highest BCUT2D eigenvalue weighted by atomic mass is 16.5. The van der Waals surface area contributed by atoms with Gasteiger partial charge >= 0.3 is 0 Å². The minimum atomic E-state index is -0.772. The largest absolute Gasteiger partial charge is 0.490 e. The first-order chi connectivity index (χ1) is 19.0. The lowest BCUT2D eigenvalue weighted by Gasteiger charge is -2.19. The van der Waals surface area contributed by atoms with Crippen LogP contribution in [0.5, 0.6) is 11.6 Å². The minimum absolute atomic E-state index is 0.0750. The molecule has 0 aliphatic heterocycles. The maximum Gasteiger partial charge on any atom is 0.216 e. The van der Waals surface area contributed by atoms with Crippen molar-refractivity contribution in [1.29, 1.82) is 0 Å². The number of hydrogen-bond donors (Lipinski definition) is 2. The Morgan fingerprint density at radius 1 is 1.02 bits per heavy atom. The minimum Gasteiger partial charge on any atom is -0.490 e. The molecule has 1 heterocycles. The summed E-state index contributed by atoms with van der Waals surface area (Å²) < 4.78 is 18.1. The highest BCUT2D eigenvalue weighted by Crippen LogP contribution is 2.32. The van der Waals surface area contributed by atoms with Crippen molar-refractivity contribution >= 4 is 5.76 Å². The van der Waals surface area contributed by atoms with Crippen molar-refractivity contribution in [2.24, 2.45) is 0 Å². The zero-order valence-corrected chi connectivity index (χ0v) is 25.1. The SMILES string of the molecule is CCC[C@@H](C)O/C(=C\CO)c1ccc(OCc2cccc(-c3cc(C)c(OCCC(C)(C)O)nc3C)c2C)cc1. The van der Waals surface area contributed by atoms with E-state index in [1.54, 1.807) is 19.9 Å². The second-order valence-corrected chi connectivity index (χ2v) is 11.0. The summed E-state index contributed by atoms with van der Waals surface area (Å²) in [5.41, 5.74) is 6.41. The number of aryl methyl sites for hydroxylation is 2. The van der Waals surface area contributed by atoms with Crippen LogP contribution in [-0.2, 0) is 11.3 Å². The molecule has 3 rings (SSSR count). The lowest BCUT2D eigenvalue weighted by Crippen LogP contribution is -2.22. The van der Waals surface area contributed by atoms with Crippen LogP contribution >= 0.6 is 0 Å². The number of ether oxygens (including phenoxy) is 3. The first-order valence-electron chi connectivity index (χ1n) is 14.2. The maximum absolute atomic E-state index is 9.96. The predicted molar refractivity (Wildman–Crippen MR) is 162 cm³/mol. The van der Waals surface area contributed by atoms with Gasteiger partial charge in [0.2, 0.25) is 5.88 Å². The average Bonchev–Trinajstić information content (AvgIpc) is 2.89. The standard InChI is InChI=1S/C34H45NO5/c1-8-10-24(3)40-32(17-19-36)27-13-15-29(16-14-27)39-22-28-11-9-12-30(25(28)4)31-21-23(2)33(35-26(31)5)38-20-18-34(6,7)37/h9,11-17,21,24,36-37H,8,10,18-20,22H2,1-7H3/b32-17-/t24-/m1/s1. The van der Waals surface area contributed by atoms with E-state index in [1.807, 2.05) is 51.1 Å². The molecule has 0 spiro atoms. The van der Waals surface area contributed by atoms with Gasteiger partial charge in [0.05, 0.1) is 24.9 Å². The molecule has 6 nitrogen and oxygen atoms in total. The smallest absolute Gasteiger partial charge is 0.216 e. The number of benzene rings is 2. The molecule has 2 aromatic carbocycles. The van der Waals surface area contributed by atoms with E-state index in [1.165, 1.54) is 0 Å². The van der Waals surface area contributed by atoms with Crippen LogP contribution in [0.15, 0.2) is 54.6 Å². The first kappa shape index (κ1) is 31.2. The molecule has 0 saturated heterocycles. The maximum atomic E-state index is 9.96. The summed E-state index contributed by atoms with van der Waals surface area (Å²) in [6, 6.07) is 16.1. The van der Waals surface area contributed by atoms with Gasteiger partial charge in [-0.25, -0.2) is 4.98 Å². The molecular formula is C34H45NO5. The third-order valence-corrected chi connectivity index (χ3v) is 6.88. The van der Waals surface area contributed by atoms with Crippen molar-refractivity contribution in [1.82, 2.24) is 4.98 Å². The van der Waals surface area contributed by atoms with Gasteiger partial charge in [-0.05, 0) is 101 Å². The summed E-state index contributed by atoms with van der Waals surface area (Å²) in [6.07, 6.45) is 4.31. The van der Waals surface area contributed by atoms with E-state index in [2.05, 4.69) is 32.0 Å². The molecule has 6 heteroatoms. The van der Waals surface area contributed by atoms with Gasteiger partial charge in [0.15, 0.2) is 0 Å². The molecule has 216 valence electrons. The second kappa shape index (κ2) is 14.3. The van der Waals surface area contributed by atoms with Gasteiger partial charge in [0, 0.05) is 28.8 Å². The van der Waals surface area contributed by atoms with E-state index in [4.69, 9.17) is 19.2 Å². The van der Waals surface area contributed by atoms with E-state index in [-0.39, 0.29) is 12.7 Å². The Morgan fingerprint density at radius 3 is 2.40 bits per heavy atom. The van der Waals surface area contributed by atoms with Crippen molar-refractivity contribution in [3.63, 3.8) is 0 Å². The number of rotatable bonds is 14. The van der Waals surface area contributed by atoms with Gasteiger partial charge in [-0.1, -0.05) is 31.5 Å². The molecule has 1 aromatic heterocycles. The summed E-state index contributed by atoms with van der Waals surface area (Å²) in [4.78, 5) is 4.73. The molecule has 2 N–H and O–H groups in total. The molecule has 0 aliphatic carbocycles. The van der Waals surface area contributed by atoms with E-state index < -0.39 is 5.60 Å². The molecule has 0 amide bonds. The van der Waals surface area contributed by atoms with Crippen molar-refractivity contribution in [2.75, 3.05) is 13.2 Å². The molecule has 40 heavy (non-hydrogen) atoms. The fourth-order valence-corrected chi connectivity index (χ4v) is 4.51. The third-order valence-electron chi connectivity index (χ3n) is 6.88. The number of aliphatic hydroxyl groups excluding tert-OH is 1. The molecule has 0 radical (unpaired) electrons. The third kappa shape index (κ3) is 8.83. The highest BCUT2D eigenvalue weighted by molar-refractivity contribution is 5.71. The lowest BCUT2D eigenvalue weighted by atomic mass is 9.95. The molecule has 0 bridgehead atoms.